The first-order valence-electron chi connectivity index (χ1n) is 6.47. The molecule has 0 atom stereocenters. The Labute approximate surface area is 119 Å². The van der Waals surface area contributed by atoms with Gasteiger partial charge in [-0.05, 0) is 36.3 Å². The van der Waals surface area contributed by atoms with Crippen LogP contribution in [0.4, 0.5) is 5.82 Å². The number of anilines is 1. The van der Waals surface area contributed by atoms with Crippen LogP contribution in [0.1, 0.15) is 38.7 Å². The number of halogens is 2. The average molecular weight is 287 g/mol. The maximum absolute atomic E-state index is 6.05. The Morgan fingerprint density at radius 3 is 2.83 bits per heavy atom. The predicted octanol–water partition coefficient (Wildman–Crippen LogP) is 4.49. The molecule has 2 nitrogen and oxygen atoms in total. The van der Waals surface area contributed by atoms with Crippen molar-refractivity contribution in [1.82, 2.24) is 4.98 Å². The maximum atomic E-state index is 6.05. The zero-order valence-electron chi connectivity index (χ0n) is 11.0. The van der Waals surface area contributed by atoms with Crippen LogP contribution in [-0.2, 0) is 5.88 Å². The standard InChI is InChI=1S/C14H20Cl2N2/c1-14(2)4-3-6-18(7-5-14)13-8-11(9-15)12(16)10-17-13/h8,10H,3-7,9H2,1-2H3. The van der Waals surface area contributed by atoms with Crippen molar-refractivity contribution >= 4 is 29.0 Å². The zero-order valence-corrected chi connectivity index (χ0v) is 12.6. The fourth-order valence-corrected chi connectivity index (χ4v) is 2.85. The third kappa shape index (κ3) is 3.30. The lowest BCUT2D eigenvalue weighted by Crippen LogP contribution is -2.26. The van der Waals surface area contributed by atoms with Crippen LogP contribution in [-0.4, -0.2) is 18.1 Å². The van der Waals surface area contributed by atoms with Gasteiger partial charge in [-0.15, -0.1) is 11.6 Å². The quantitative estimate of drug-likeness (QED) is 0.745. The van der Waals surface area contributed by atoms with Gasteiger partial charge in [0, 0.05) is 25.2 Å². The molecule has 100 valence electrons. The van der Waals surface area contributed by atoms with Gasteiger partial charge in [0.15, 0.2) is 0 Å². The van der Waals surface area contributed by atoms with Gasteiger partial charge in [0.05, 0.1) is 5.02 Å². The lowest BCUT2D eigenvalue weighted by atomic mass is 9.85. The van der Waals surface area contributed by atoms with Gasteiger partial charge in [-0.25, -0.2) is 4.98 Å². The Kier molecular flexibility index (Phi) is 4.39. The topological polar surface area (TPSA) is 16.1 Å². The molecule has 0 spiro atoms. The molecule has 1 aromatic heterocycles. The Hall–Kier alpha value is -0.470. The van der Waals surface area contributed by atoms with Gasteiger partial charge in [-0.1, -0.05) is 25.4 Å². The van der Waals surface area contributed by atoms with Crippen LogP contribution in [0.3, 0.4) is 0 Å². The summed E-state index contributed by atoms with van der Waals surface area (Å²) in [5.41, 5.74) is 1.41. The molecule has 2 heterocycles. The second-order valence-electron chi connectivity index (χ2n) is 5.77. The second-order valence-corrected chi connectivity index (χ2v) is 6.45. The maximum Gasteiger partial charge on any atom is 0.128 e. The van der Waals surface area contributed by atoms with Crippen molar-refractivity contribution in [3.05, 3.63) is 22.8 Å². The van der Waals surface area contributed by atoms with Crippen molar-refractivity contribution in [2.24, 2.45) is 5.41 Å². The van der Waals surface area contributed by atoms with Crippen LogP contribution in [0.15, 0.2) is 12.3 Å². The minimum Gasteiger partial charge on any atom is -0.357 e. The minimum atomic E-state index is 0.438. The van der Waals surface area contributed by atoms with Gasteiger partial charge in [-0.3, -0.25) is 0 Å². The van der Waals surface area contributed by atoms with Gasteiger partial charge < -0.3 is 4.90 Å². The molecule has 4 heteroatoms. The van der Waals surface area contributed by atoms with E-state index in [2.05, 4.69) is 23.7 Å². The first-order chi connectivity index (χ1) is 8.52. The summed E-state index contributed by atoms with van der Waals surface area (Å²) in [4.78, 5) is 6.78. The Bertz CT molecular complexity index is 418. The average Bonchev–Trinajstić information content (AvgIpc) is 2.51. The summed E-state index contributed by atoms with van der Waals surface area (Å²) in [6.45, 7) is 6.81. The molecule has 18 heavy (non-hydrogen) atoms. The van der Waals surface area contributed by atoms with Crippen LogP contribution in [0.2, 0.25) is 5.02 Å². The Morgan fingerprint density at radius 2 is 2.11 bits per heavy atom. The molecule has 2 rings (SSSR count). The van der Waals surface area contributed by atoms with E-state index in [1.165, 1.54) is 19.3 Å². The van der Waals surface area contributed by atoms with E-state index in [9.17, 15) is 0 Å². The summed E-state index contributed by atoms with van der Waals surface area (Å²) in [7, 11) is 0. The van der Waals surface area contributed by atoms with Crippen LogP contribution >= 0.6 is 23.2 Å². The van der Waals surface area contributed by atoms with Crippen molar-refractivity contribution in [3.63, 3.8) is 0 Å². The zero-order chi connectivity index (χ0) is 13.2. The van der Waals surface area contributed by atoms with Crippen LogP contribution in [0.25, 0.3) is 0 Å². The number of aromatic nitrogens is 1. The number of hydrogen-bond acceptors (Lipinski definition) is 2. The van der Waals surface area contributed by atoms with E-state index in [1.807, 2.05) is 6.07 Å². The second kappa shape index (κ2) is 5.66. The molecule has 1 saturated heterocycles. The molecular weight excluding hydrogens is 267 g/mol. The molecule has 0 amide bonds. The molecule has 1 aliphatic heterocycles. The summed E-state index contributed by atoms with van der Waals surface area (Å²) in [6, 6.07) is 2.02. The largest absolute Gasteiger partial charge is 0.357 e. The fourth-order valence-electron chi connectivity index (χ4n) is 2.40. The predicted molar refractivity (Wildman–Crippen MR) is 78.6 cm³/mol. The smallest absolute Gasteiger partial charge is 0.128 e. The molecule has 0 radical (unpaired) electrons. The third-order valence-corrected chi connectivity index (χ3v) is 4.36. The number of nitrogens with zero attached hydrogens (tertiary/aromatic N) is 2. The highest BCUT2D eigenvalue weighted by Gasteiger charge is 2.23. The van der Waals surface area contributed by atoms with Gasteiger partial charge in [0.1, 0.15) is 5.82 Å². The van der Waals surface area contributed by atoms with Gasteiger partial charge in [0.2, 0.25) is 0 Å². The summed E-state index contributed by atoms with van der Waals surface area (Å²) >= 11 is 11.9. The summed E-state index contributed by atoms with van der Waals surface area (Å²) in [5, 5.41) is 0.656. The van der Waals surface area contributed by atoms with E-state index in [0.717, 1.165) is 24.5 Å². The molecule has 1 aliphatic rings. The first kappa shape index (κ1) is 14.0. The highest BCUT2D eigenvalue weighted by molar-refractivity contribution is 6.32. The van der Waals surface area contributed by atoms with E-state index >= 15 is 0 Å². The van der Waals surface area contributed by atoms with E-state index in [0.29, 0.717) is 16.3 Å². The van der Waals surface area contributed by atoms with Gasteiger partial charge in [-0.2, -0.15) is 0 Å². The molecular formula is C14H20Cl2N2. The molecule has 0 aromatic carbocycles. The van der Waals surface area contributed by atoms with Crippen molar-refractivity contribution in [2.75, 3.05) is 18.0 Å². The minimum absolute atomic E-state index is 0.438. The molecule has 0 saturated carbocycles. The van der Waals surface area contributed by atoms with Crippen molar-refractivity contribution in [1.29, 1.82) is 0 Å². The number of rotatable bonds is 2. The Balaban J connectivity index is 2.16. The van der Waals surface area contributed by atoms with Crippen LogP contribution in [0.5, 0.6) is 0 Å². The van der Waals surface area contributed by atoms with Crippen molar-refractivity contribution < 1.29 is 0 Å². The highest BCUT2D eigenvalue weighted by Crippen LogP contribution is 2.32. The summed E-state index contributed by atoms with van der Waals surface area (Å²) in [6.07, 6.45) is 5.41. The fraction of sp³-hybridized carbons (Fsp3) is 0.643. The molecule has 0 aliphatic carbocycles. The first-order valence-corrected chi connectivity index (χ1v) is 7.38. The molecule has 0 bridgehead atoms. The number of hydrogen-bond donors (Lipinski definition) is 0. The van der Waals surface area contributed by atoms with E-state index in [1.54, 1.807) is 6.20 Å². The van der Waals surface area contributed by atoms with E-state index in [4.69, 9.17) is 23.2 Å². The van der Waals surface area contributed by atoms with Crippen LogP contribution < -0.4 is 4.90 Å². The van der Waals surface area contributed by atoms with Crippen LogP contribution in [0, 0.1) is 5.41 Å². The van der Waals surface area contributed by atoms with E-state index in [-0.39, 0.29) is 0 Å². The molecule has 1 aromatic rings. The highest BCUT2D eigenvalue weighted by atomic mass is 35.5. The van der Waals surface area contributed by atoms with Gasteiger partial charge >= 0.3 is 0 Å². The van der Waals surface area contributed by atoms with Gasteiger partial charge in [0.25, 0.3) is 0 Å². The Morgan fingerprint density at radius 1 is 1.33 bits per heavy atom. The normalized spacial score (nSPS) is 19.7. The number of pyridine rings is 1. The SMILES string of the molecule is CC1(C)CCCN(c2cc(CCl)c(Cl)cn2)CC1. The summed E-state index contributed by atoms with van der Waals surface area (Å²) < 4.78 is 0. The molecule has 0 N–H and O–H groups in total. The third-order valence-electron chi connectivity index (χ3n) is 3.73. The lowest BCUT2D eigenvalue weighted by molar-refractivity contribution is 0.325. The van der Waals surface area contributed by atoms with Crippen molar-refractivity contribution in [3.8, 4) is 0 Å². The number of alkyl halides is 1. The lowest BCUT2D eigenvalue weighted by Gasteiger charge is -2.24. The summed E-state index contributed by atoms with van der Waals surface area (Å²) in [5.74, 6) is 1.45. The monoisotopic (exact) mass is 286 g/mol. The van der Waals surface area contributed by atoms with Crippen molar-refractivity contribution in [2.45, 2.75) is 39.0 Å². The molecule has 0 unspecified atom stereocenters. The molecule has 1 fully saturated rings. The van der Waals surface area contributed by atoms with E-state index < -0.39 is 0 Å².